The molecule has 1 aliphatic rings. The van der Waals surface area contributed by atoms with Gasteiger partial charge in [0, 0.05) is 45.4 Å². The van der Waals surface area contributed by atoms with Crippen LogP contribution in [0.5, 0.6) is 0 Å². The first-order valence-electron chi connectivity index (χ1n) is 7.57. The van der Waals surface area contributed by atoms with Crippen molar-refractivity contribution in [1.82, 2.24) is 10.2 Å². The van der Waals surface area contributed by atoms with E-state index in [0.29, 0.717) is 18.0 Å². The number of hydrogen-bond donors (Lipinski definition) is 1. The van der Waals surface area contributed by atoms with E-state index in [0.717, 1.165) is 32.3 Å². The van der Waals surface area contributed by atoms with E-state index in [1.807, 2.05) is 0 Å². The second-order valence-corrected chi connectivity index (χ2v) is 6.03. The van der Waals surface area contributed by atoms with E-state index in [4.69, 9.17) is 9.47 Å². The molecule has 4 nitrogen and oxygen atoms in total. The first kappa shape index (κ1) is 16.9. The Hall–Kier alpha value is -0.160. The standard InChI is InChI=1S/C15H32N2O2/c1-12(2)15(10-16-14-6-7-14)17(8-9-18-4)13(3)11-19-5/h12-16H,6-11H2,1-5H3. The molecule has 4 heteroatoms. The van der Waals surface area contributed by atoms with Gasteiger partial charge in [-0.15, -0.1) is 0 Å². The third kappa shape index (κ3) is 6.21. The molecule has 0 aromatic rings. The van der Waals surface area contributed by atoms with E-state index in [2.05, 4.69) is 31.0 Å². The van der Waals surface area contributed by atoms with E-state index in [1.165, 1.54) is 12.8 Å². The number of ether oxygens (including phenoxy) is 2. The van der Waals surface area contributed by atoms with Crippen molar-refractivity contribution in [3.8, 4) is 0 Å². The largest absolute Gasteiger partial charge is 0.383 e. The molecule has 0 aliphatic heterocycles. The summed E-state index contributed by atoms with van der Waals surface area (Å²) in [6.07, 6.45) is 2.69. The zero-order valence-electron chi connectivity index (χ0n) is 13.3. The number of methoxy groups -OCH3 is 2. The first-order chi connectivity index (χ1) is 9.10. The van der Waals surface area contributed by atoms with E-state index in [1.54, 1.807) is 14.2 Å². The van der Waals surface area contributed by atoms with Crippen LogP contribution in [0.1, 0.15) is 33.6 Å². The van der Waals surface area contributed by atoms with Crippen LogP contribution in [0, 0.1) is 5.92 Å². The molecule has 0 bridgehead atoms. The summed E-state index contributed by atoms with van der Waals surface area (Å²) in [6, 6.07) is 1.73. The van der Waals surface area contributed by atoms with Gasteiger partial charge < -0.3 is 14.8 Å². The maximum atomic E-state index is 5.33. The zero-order valence-corrected chi connectivity index (χ0v) is 13.3. The van der Waals surface area contributed by atoms with Crippen molar-refractivity contribution in [2.45, 2.75) is 51.7 Å². The third-order valence-electron chi connectivity index (χ3n) is 3.92. The minimum absolute atomic E-state index is 0.425. The lowest BCUT2D eigenvalue weighted by Crippen LogP contribution is -2.52. The van der Waals surface area contributed by atoms with Crippen LogP contribution in [0.4, 0.5) is 0 Å². The van der Waals surface area contributed by atoms with Gasteiger partial charge in [0.2, 0.25) is 0 Å². The normalized spacial score (nSPS) is 19.1. The Bertz CT molecular complexity index is 232. The average Bonchev–Trinajstić information content (AvgIpc) is 3.17. The quantitative estimate of drug-likeness (QED) is 0.621. The maximum absolute atomic E-state index is 5.33. The molecule has 0 saturated heterocycles. The Morgan fingerprint density at radius 3 is 2.32 bits per heavy atom. The van der Waals surface area contributed by atoms with Crippen LogP contribution in [0.25, 0.3) is 0 Å². The first-order valence-corrected chi connectivity index (χ1v) is 7.57. The Morgan fingerprint density at radius 2 is 1.84 bits per heavy atom. The minimum atomic E-state index is 0.425. The monoisotopic (exact) mass is 272 g/mol. The van der Waals surface area contributed by atoms with Gasteiger partial charge in [-0.25, -0.2) is 0 Å². The molecule has 0 radical (unpaired) electrons. The molecule has 2 unspecified atom stereocenters. The zero-order chi connectivity index (χ0) is 14.3. The van der Waals surface area contributed by atoms with Crippen molar-refractivity contribution in [2.75, 3.05) is 40.5 Å². The summed E-state index contributed by atoms with van der Waals surface area (Å²) in [5, 5.41) is 3.67. The topological polar surface area (TPSA) is 33.7 Å². The lowest BCUT2D eigenvalue weighted by Gasteiger charge is -2.38. The summed E-state index contributed by atoms with van der Waals surface area (Å²) in [7, 11) is 3.55. The maximum Gasteiger partial charge on any atom is 0.0615 e. The van der Waals surface area contributed by atoms with Crippen LogP contribution in [0.3, 0.4) is 0 Å². The van der Waals surface area contributed by atoms with Crippen molar-refractivity contribution in [3.63, 3.8) is 0 Å². The molecule has 0 heterocycles. The fourth-order valence-electron chi connectivity index (χ4n) is 2.56. The summed E-state index contributed by atoms with van der Waals surface area (Å²) in [5.74, 6) is 0.627. The van der Waals surface area contributed by atoms with Gasteiger partial charge >= 0.3 is 0 Å². The highest BCUT2D eigenvalue weighted by atomic mass is 16.5. The van der Waals surface area contributed by atoms with Gasteiger partial charge in [-0.1, -0.05) is 13.8 Å². The van der Waals surface area contributed by atoms with E-state index in [9.17, 15) is 0 Å². The molecule has 1 rings (SSSR count). The summed E-state index contributed by atoms with van der Waals surface area (Å²) >= 11 is 0. The molecule has 114 valence electrons. The van der Waals surface area contributed by atoms with Crippen LogP contribution in [0.2, 0.25) is 0 Å². The Labute approximate surface area is 118 Å². The summed E-state index contributed by atoms with van der Waals surface area (Å²) < 4.78 is 10.6. The predicted octanol–water partition coefficient (Wildman–Crippen LogP) is 1.75. The van der Waals surface area contributed by atoms with Crippen LogP contribution in [0.15, 0.2) is 0 Å². The van der Waals surface area contributed by atoms with Crippen molar-refractivity contribution in [3.05, 3.63) is 0 Å². The highest BCUT2D eigenvalue weighted by molar-refractivity contribution is 4.87. The number of nitrogens with one attached hydrogen (secondary N) is 1. The molecule has 19 heavy (non-hydrogen) atoms. The molecular formula is C15H32N2O2. The molecule has 0 aromatic heterocycles. The van der Waals surface area contributed by atoms with Gasteiger partial charge in [0.15, 0.2) is 0 Å². The third-order valence-corrected chi connectivity index (χ3v) is 3.92. The van der Waals surface area contributed by atoms with Gasteiger partial charge in [-0.2, -0.15) is 0 Å². The molecule has 1 fully saturated rings. The second-order valence-electron chi connectivity index (χ2n) is 6.03. The summed E-state index contributed by atoms with van der Waals surface area (Å²) in [4.78, 5) is 2.53. The molecule has 0 spiro atoms. The molecule has 1 N–H and O–H groups in total. The average molecular weight is 272 g/mol. The van der Waals surface area contributed by atoms with Crippen LogP contribution >= 0.6 is 0 Å². The van der Waals surface area contributed by atoms with Crippen LogP contribution in [-0.4, -0.2) is 63.5 Å². The number of nitrogens with zero attached hydrogens (tertiary/aromatic N) is 1. The van der Waals surface area contributed by atoms with E-state index < -0.39 is 0 Å². The minimum Gasteiger partial charge on any atom is -0.383 e. The summed E-state index contributed by atoms with van der Waals surface area (Å²) in [5.41, 5.74) is 0. The molecule has 1 saturated carbocycles. The fraction of sp³-hybridized carbons (Fsp3) is 1.00. The predicted molar refractivity (Wildman–Crippen MR) is 79.6 cm³/mol. The van der Waals surface area contributed by atoms with Gasteiger partial charge in [0.25, 0.3) is 0 Å². The highest BCUT2D eigenvalue weighted by Gasteiger charge is 2.28. The Balaban J connectivity index is 2.57. The molecule has 0 aromatic carbocycles. The lowest BCUT2D eigenvalue weighted by atomic mass is 10.0. The second kappa shape index (κ2) is 8.90. The van der Waals surface area contributed by atoms with Crippen molar-refractivity contribution >= 4 is 0 Å². The SMILES string of the molecule is COCCN(C(C)COC)C(CNC1CC1)C(C)C. The van der Waals surface area contributed by atoms with Crippen LogP contribution in [-0.2, 0) is 9.47 Å². The van der Waals surface area contributed by atoms with Gasteiger partial charge in [0.1, 0.15) is 0 Å². The van der Waals surface area contributed by atoms with Gasteiger partial charge in [-0.3, -0.25) is 4.90 Å². The van der Waals surface area contributed by atoms with Crippen LogP contribution < -0.4 is 5.32 Å². The summed E-state index contributed by atoms with van der Waals surface area (Å²) in [6.45, 7) is 10.4. The Kier molecular flexibility index (Phi) is 7.91. The van der Waals surface area contributed by atoms with Gasteiger partial charge in [0.05, 0.1) is 13.2 Å². The van der Waals surface area contributed by atoms with Crippen molar-refractivity contribution in [2.24, 2.45) is 5.92 Å². The van der Waals surface area contributed by atoms with E-state index >= 15 is 0 Å². The molecular weight excluding hydrogens is 240 g/mol. The van der Waals surface area contributed by atoms with Gasteiger partial charge in [-0.05, 0) is 25.7 Å². The van der Waals surface area contributed by atoms with Crippen molar-refractivity contribution in [1.29, 1.82) is 0 Å². The highest BCUT2D eigenvalue weighted by Crippen LogP contribution is 2.20. The lowest BCUT2D eigenvalue weighted by molar-refractivity contribution is 0.0325. The molecule has 1 aliphatic carbocycles. The Morgan fingerprint density at radius 1 is 1.16 bits per heavy atom. The molecule has 2 atom stereocenters. The molecule has 0 amide bonds. The van der Waals surface area contributed by atoms with E-state index in [-0.39, 0.29) is 0 Å². The van der Waals surface area contributed by atoms with Crippen molar-refractivity contribution < 1.29 is 9.47 Å². The fourth-order valence-corrected chi connectivity index (χ4v) is 2.56. The smallest absolute Gasteiger partial charge is 0.0615 e. The number of rotatable bonds is 11. The number of hydrogen-bond acceptors (Lipinski definition) is 4.